The van der Waals surface area contributed by atoms with Gasteiger partial charge < -0.3 is 9.64 Å². The molecule has 1 aliphatic heterocycles. The second-order valence-corrected chi connectivity index (χ2v) is 9.93. The predicted octanol–water partition coefficient (Wildman–Crippen LogP) is 4.19. The molecule has 1 fully saturated rings. The molecule has 162 valence electrons. The molecule has 0 spiro atoms. The minimum absolute atomic E-state index is 0.0241. The van der Waals surface area contributed by atoms with E-state index in [0.29, 0.717) is 21.9 Å². The fourth-order valence-electron chi connectivity index (χ4n) is 3.60. The van der Waals surface area contributed by atoms with Crippen LogP contribution in [0.3, 0.4) is 0 Å². The molecule has 8 heteroatoms. The van der Waals surface area contributed by atoms with Gasteiger partial charge in [0.25, 0.3) is 5.91 Å². The zero-order valence-corrected chi connectivity index (χ0v) is 18.9. The van der Waals surface area contributed by atoms with E-state index >= 15 is 0 Å². The van der Waals surface area contributed by atoms with Crippen LogP contribution in [0.5, 0.6) is 5.75 Å². The fourth-order valence-corrected chi connectivity index (χ4v) is 4.88. The predicted molar refractivity (Wildman–Crippen MR) is 117 cm³/mol. The van der Waals surface area contributed by atoms with Gasteiger partial charge in [0.2, 0.25) is 10.0 Å². The first-order valence-electron chi connectivity index (χ1n) is 10.0. The van der Waals surface area contributed by atoms with Crippen LogP contribution in [0.1, 0.15) is 41.6 Å². The minimum atomic E-state index is -3.71. The zero-order chi connectivity index (χ0) is 21.7. The van der Waals surface area contributed by atoms with Crippen LogP contribution in [0, 0.1) is 0 Å². The summed E-state index contributed by atoms with van der Waals surface area (Å²) in [5.41, 5.74) is 1.18. The minimum Gasteiger partial charge on any atom is -0.496 e. The van der Waals surface area contributed by atoms with Gasteiger partial charge in [-0.05, 0) is 55.3 Å². The van der Waals surface area contributed by atoms with Crippen molar-refractivity contribution in [3.63, 3.8) is 0 Å². The fraction of sp³-hybridized carbons (Fsp3) is 0.409. The Morgan fingerprint density at radius 1 is 1.07 bits per heavy atom. The zero-order valence-electron chi connectivity index (χ0n) is 17.3. The van der Waals surface area contributed by atoms with Crippen molar-refractivity contribution >= 4 is 27.5 Å². The third-order valence-electron chi connectivity index (χ3n) is 5.34. The number of halogens is 1. The van der Waals surface area contributed by atoms with Crippen LogP contribution in [0.2, 0.25) is 5.02 Å². The molecule has 0 N–H and O–H groups in total. The van der Waals surface area contributed by atoms with Crippen molar-refractivity contribution in [2.75, 3.05) is 27.2 Å². The van der Waals surface area contributed by atoms with Crippen molar-refractivity contribution in [1.29, 1.82) is 0 Å². The largest absolute Gasteiger partial charge is 0.496 e. The molecule has 2 aromatic rings. The number of hydrogen-bond acceptors (Lipinski definition) is 4. The van der Waals surface area contributed by atoms with Gasteiger partial charge in [-0.25, -0.2) is 8.42 Å². The molecular formula is C22H27ClN2O4S. The molecule has 0 aromatic heterocycles. The first-order valence-corrected chi connectivity index (χ1v) is 11.8. The van der Waals surface area contributed by atoms with Crippen molar-refractivity contribution in [3.8, 4) is 5.75 Å². The Kier molecular flexibility index (Phi) is 7.39. The van der Waals surface area contributed by atoms with Crippen LogP contribution in [-0.2, 0) is 16.6 Å². The average molecular weight is 451 g/mol. The highest BCUT2D eigenvalue weighted by Gasteiger charge is 2.24. The molecule has 0 radical (unpaired) electrons. The van der Waals surface area contributed by atoms with E-state index in [2.05, 4.69) is 0 Å². The normalized spacial score (nSPS) is 15.1. The lowest BCUT2D eigenvalue weighted by Gasteiger charge is -2.22. The number of likely N-dealkylation sites (tertiary alicyclic amines) is 1. The van der Waals surface area contributed by atoms with Crippen molar-refractivity contribution in [1.82, 2.24) is 9.21 Å². The molecular weight excluding hydrogens is 424 g/mol. The third kappa shape index (κ3) is 5.14. The molecule has 1 saturated heterocycles. The average Bonchev–Trinajstić information content (AvgIpc) is 3.03. The summed E-state index contributed by atoms with van der Waals surface area (Å²) in [6, 6.07) is 11.2. The maximum absolute atomic E-state index is 13.0. The van der Waals surface area contributed by atoms with Gasteiger partial charge in [0.05, 0.1) is 12.0 Å². The maximum atomic E-state index is 13.0. The summed E-state index contributed by atoms with van der Waals surface area (Å²) in [4.78, 5) is 15.0. The van der Waals surface area contributed by atoms with Crippen LogP contribution < -0.4 is 4.74 Å². The van der Waals surface area contributed by atoms with E-state index in [-0.39, 0.29) is 17.3 Å². The lowest BCUT2D eigenvalue weighted by Crippen LogP contribution is -2.32. The van der Waals surface area contributed by atoms with E-state index in [4.69, 9.17) is 16.3 Å². The van der Waals surface area contributed by atoms with Crippen molar-refractivity contribution in [3.05, 3.63) is 58.6 Å². The van der Waals surface area contributed by atoms with E-state index in [0.717, 1.165) is 38.8 Å². The Balaban J connectivity index is 1.84. The van der Waals surface area contributed by atoms with Crippen molar-refractivity contribution in [2.24, 2.45) is 0 Å². The van der Waals surface area contributed by atoms with Gasteiger partial charge in [0.15, 0.2) is 0 Å². The molecule has 0 aliphatic carbocycles. The quantitative estimate of drug-likeness (QED) is 0.662. The van der Waals surface area contributed by atoms with Gasteiger partial charge in [-0.2, -0.15) is 4.31 Å². The molecule has 30 heavy (non-hydrogen) atoms. The molecule has 1 aliphatic rings. The summed E-state index contributed by atoms with van der Waals surface area (Å²) in [6.07, 6.45) is 4.31. The molecule has 1 amide bonds. The van der Waals surface area contributed by atoms with E-state index in [9.17, 15) is 13.2 Å². The van der Waals surface area contributed by atoms with Gasteiger partial charge in [-0.1, -0.05) is 24.4 Å². The van der Waals surface area contributed by atoms with E-state index in [1.54, 1.807) is 30.3 Å². The number of nitrogens with zero attached hydrogens (tertiary/aromatic N) is 2. The SMILES string of the molecule is COc1ccc(C(=O)N2CCCCCC2)cc1CN(C)S(=O)(=O)c1ccc(Cl)cc1. The summed E-state index contributed by atoms with van der Waals surface area (Å²) >= 11 is 5.87. The highest BCUT2D eigenvalue weighted by molar-refractivity contribution is 7.89. The van der Waals surface area contributed by atoms with E-state index in [1.165, 1.54) is 30.6 Å². The first kappa shape index (κ1) is 22.6. The molecule has 3 rings (SSSR count). The molecule has 1 heterocycles. The number of hydrogen-bond donors (Lipinski definition) is 0. The number of carbonyl (C=O) groups is 1. The smallest absolute Gasteiger partial charge is 0.253 e. The van der Waals surface area contributed by atoms with Crippen LogP contribution in [0.25, 0.3) is 0 Å². The lowest BCUT2D eigenvalue weighted by molar-refractivity contribution is 0.0761. The molecule has 0 bridgehead atoms. The number of methoxy groups -OCH3 is 1. The number of carbonyl (C=O) groups excluding carboxylic acids is 1. The monoisotopic (exact) mass is 450 g/mol. The van der Waals surface area contributed by atoms with Gasteiger partial charge in [-0.3, -0.25) is 4.79 Å². The van der Waals surface area contributed by atoms with E-state index < -0.39 is 10.0 Å². The summed E-state index contributed by atoms with van der Waals surface area (Å²) in [5, 5.41) is 0.470. The highest BCUT2D eigenvalue weighted by atomic mass is 35.5. The van der Waals surface area contributed by atoms with Crippen LogP contribution in [0.15, 0.2) is 47.4 Å². The second-order valence-electron chi connectivity index (χ2n) is 7.45. The van der Waals surface area contributed by atoms with Gasteiger partial charge in [0.1, 0.15) is 5.75 Å². The molecule has 6 nitrogen and oxygen atoms in total. The Morgan fingerprint density at radius 2 is 1.70 bits per heavy atom. The van der Waals surface area contributed by atoms with Crippen LogP contribution >= 0.6 is 11.6 Å². The lowest BCUT2D eigenvalue weighted by atomic mass is 10.1. The third-order valence-corrected chi connectivity index (χ3v) is 7.41. The molecule has 0 saturated carbocycles. The summed E-state index contributed by atoms with van der Waals surface area (Å²) in [7, 11) is -0.676. The number of ether oxygens (including phenoxy) is 1. The van der Waals surface area contributed by atoms with Gasteiger partial charge in [-0.15, -0.1) is 0 Å². The van der Waals surface area contributed by atoms with Gasteiger partial charge in [0, 0.05) is 42.8 Å². The number of benzene rings is 2. The number of sulfonamides is 1. The summed E-state index contributed by atoms with van der Waals surface area (Å²) in [6.45, 7) is 1.59. The number of amides is 1. The van der Waals surface area contributed by atoms with Gasteiger partial charge >= 0.3 is 0 Å². The first-order chi connectivity index (χ1) is 14.3. The van der Waals surface area contributed by atoms with Crippen LogP contribution in [0.4, 0.5) is 0 Å². The Hall–Kier alpha value is -2.09. The standard InChI is InChI=1S/C22H27ClN2O4S/c1-24(30(27,28)20-10-8-19(23)9-11-20)16-18-15-17(7-12-21(18)29-2)22(26)25-13-5-3-4-6-14-25/h7-12,15H,3-6,13-14,16H2,1-2H3. The Morgan fingerprint density at radius 3 is 2.30 bits per heavy atom. The van der Waals surface area contributed by atoms with Crippen LogP contribution in [-0.4, -0.2) is 50.8 Å². The van der Waals surface area contributed by atoms with Crippen molar-refractivity contribution < 1.29 is 17.9 Å². The van der Waals surface area contributed by atoms with Crippen molar-refractivity contribution in [2.45, 2.75) is 37.1 Å². The number of rotatable bonds is 6. The van der Waals surface area contributed by atoms with E-state index in [1.807, 2.05) is 4.90 Å². The second kappa shape index (κ2) is 9.81. The topological polar surface area (TPSA) is 66.9 Å². The Labute approximate surface area is 183 Å². The Bertz CT molecular complexity index is 985. The highest BCUT2D eigenvalue weighted by Crippen LogP contribution is 2.26. The molecule has 0 atom stereocenters. The molecule has 0 unspecified atom stereocenters. The summed E-state index contributed by atoms with van der Waals surface area (Å²) < 4.78 is 32.5. The summed E-state index contributed by atoms with van der Waals surface area (Å²) in [5.74, 6) is 0.518. The maximum Gasteiger partial charge on any atom is 0.253 e. The molecule has 2 aromatic carbocycles.